The Kier molecular flexibility index (Phi) is 4.91. The summed E-state index contributed by atoms with van der Waals surface area (Å²) >= 11 is 0. The number of aromatic nitrogens is 1. The van der Waals surface area contributed by atoms with Crippen LogP contribution in [-0.2, 0) is 16.6 Å². The van der Waals surface area contributed by atoms with Gasteiger partial charge in [0.2, 0.25) is 5.91 Å². The molecule has 0 saturated carbocycles. The number of carbonyl (C=O) groups excluding carboxylic acids is 1. The second-order valence-electron chi connectivity index (χ2n) is 9.15. The molecule has 1 N–H and O–H groups in total. The molecule has 2 aromatic rings. The summed E-state index contributed by atoms with van der Waals surface area (Å²) < 4.78 is 0. The van der Waals surface area contributed by atoms with E-state index in [0.29, 0.717) is 11.8 Å². The van der Waals surface area contributed by atoms with Crippen molar-refractivity contribution in [2.24, 2.45) is 5.92 Å². The van der Waals surface area contributed by atoms with Crippen molar-refractivity contribution in [1.82, 2.24) is 15.2 Å². The number of benzene rings is 1. The van der Waals surface area contributed by atoms with Gasteiger partial charge in [-0.15, -0.1) is 0 Å². The lowest BCUT2D eigenvalue weighted by molar-refractivity contribution is -0.138. The van der Waals surface area contributed by atoms with Crippen LogP contribution in [0.2, 0.25) is 0 Å². The third-order valence-electron chi connectivity index (χ3n) is 7.52. The van der Waals surface area contributed by atoms with Crippen molar-refractivity contribution in [2.75, 3.05) is 26.2 Å². The van der Waals surface area contributed by atoms with Crippen molar-refractivity contribution in [3.8, 4) is 0 Å². The maximum absolute atomic E-state index is 13.7. The fourth-order valence-electron chi connectivity index (χ4n) is 5.97. The summed E-state index contributed by atoms with van der Waals surface area (Å²) in [5.41, 5.74) is 4.98. The number of piperidine rings is 1. The zero-order chi connectivity index (χ0) is 19.8. The van der Waals surface area contributed by atoms with E-state index in [-0.39, 0.29) is 11.3 Å². The number of rotatable bonds is 2. The molecule has 0 bridgehead atoms. The molecule has 0 radical (unpaired) electrons. The van der Waals surface area contributed by atoms with E-state index < -0.39 is 0 Å². The number of hydrogen-bond acceptors (Lipinski definition) is 3. The molecule has 2 atom stereocenters. The Morgan fingerprint density at radius 2 is 1.93 bits per heavy atom. The van der Waals surface area contributed by atoms with Crippen LogP contribution in [0.25, 0.3) is 0 Å². The fourth-order valence-corrected chi connectivity index (χ4v) is 5.97. The minimum atomic E-state index is -0.0678. The van der Waals surface area contributed by atoms with E-state index in [9.17, 15) is 4.79 Å². The first-order chi connectivity index (χ1) is 14.2. The lowest BCUT2D eigenvalue weighted by Gasteiger charge is -2.42. The van der Waals surface area contributed by atoms with Crippen LogP contribution in [0.4, 0.5) is 0 Å². The lowest BCUT2D eigenvalue weighted by atomic mass is 9.65. The second kappa shape index (κ2) is 7.56. The fraction of sp³-hybridized carbons (Fsp3) is 0.520. The van der Waals surface area contributed by atoms with Crippen molar-refractivity contribution in [2.45, 2.75) is 50.4 Å². The minimum absolute atomic E-state index is 0.0410. The zero-order valence-corrected chi connectivity index (χ0v) is 17.4. The van der Waals surface area contributed by atoms with Crippen LogP contribution in [0.15, 0.2) is 42.5 Å². The minimum Gasteiger partial charge on any atom is -0.342 e. The molecule has 2 fully saturated rings. The quantitative estimate of drug-likeness (QED) is 0.854. The summed E-state index contributed by atoms with van der Waals surface area (Å²) in [5.74, 6) is 0.979. The molecule has 2 saturated heterocycles. The monoisotopic (exact) mass is 389 g/mol. The van der Waals surface area contributed by atoms with Gasteiger partial charge in [-0.3, -0.25) is 9.78 Å². The van der Waals surface area contributed by atoms with Gasteiger partial charge >= 0.3 is 0 Å². The molecule has 152 valence electrons. The van der Waals surface area contributed by atoms with E-state index in [4.69, 9.17) is 4.98 Å². The Labute approximate surface area is 173 Å². The summed E-state index contributed by atoms with van der Waals surface area (Å²) in [4.78, 5) is 20.6. The van der Waals surface area contributed by atoms with Gasteiger partial charge in [0.25, 0.3) is 0 Å². The Morgan fingerprint density at radius 3 is 2.72 bits per heavy atom. The van der Waals surface area contributed by atoms with Gasteiger partial charge in [0.1, 0.15) is 0 Å². The van der Waals surface area contributed by atoms with Gasteiger partial charge in [-0.05, 0) is 62.1 Å². The molecular weight excluding hydrogens is 358 g/mol. The zero-order valence-electron chi connectivity index (χ0n) is 17.4. The van der Waals surface area contributed by atoms with Gasteiger partial charge in [-0.1, -0.05) is 36.4 Å². The highest BCUT2D eigenvalue weighted by molar-refractivity contribution is 5.82. The number of hydrogen-bond donors (Lipinski definition) is 1. The van der Waals surface area contributed by atoms with Gasteiger partial charge < -0.3 is 10.2 Å². The Balaban J connectivity index is 1.35. The Bertz CT molecular complexity index is 888. The van der Waals surface area contributed by atoms with Gasteiger partial charge in [0.05, 0.1) is 5.92 Å². The van der Waals surface area contributed by atoms with Crippen molar-refractivity contribution < 1.29 is 4.79 Å². The molecule has 3 aliphatic rings. The number of aryl methyl sites for hydroxylation is 2. The molecular formula is C25H31N3O. The third-order valence-corrected chi connectivity index (χ3v) is 7.52. The van der Waals surface area contributed by atoms with Gasteiger partial charge in [-0.25, -0.2) is 0 Å². The van der Waals surface area contributed by atoms with Crippen LogP contribution in [0.5, 0.6) is 0 Å². The van der Waals surface area contributed by atoms with Gasteiger partial charge in [0, 0.05) is 43.0 Å². The number of carbonyl (C=O) groups is 1. The molecule has 1 amide bonds. The summed E-state index contributed by atoms with van der Waals surface area (Å²) in [6.07, 6.45) is 5.41. The topological polar surface area (TPSA) is 45.2 Å². The number of nitrogens with zero attached hydrogens (tertiary/aromatic N) is 2. The van der Waals surface area contributed by atoms with Crippen molar-refractivity contribution in [1.29, 1.82) is 0 Å². The van der Waals surface area contributed by atoms with Crippen LogP contribution in [0.3, 0.4) is 0 Å². The molecule has 1 aliphatic carbocycles. The van der Waals surface area contributed by atoms with Crippen molar-refractivity contribution >= 4 is 5.91 Å². The molecule has 5 rings (SSSR count). The van der Waals surface area contributed by atoms with Crippen molar-refractivity contribution in [3.05, 3.63) is 65.0 Å². The van der Waals surface area contributed by atoms with Crippen LogP contribution < -0.4 is 5.32 Å². The van der Waals surface area contributed by atoms with Crippen LogP contribution >= 0.6 is 0 Å². The highest BCUT2D eigenvalue weighted by Crippen LogP contribution is 2.45. The van der Waals surface area contributed by atoms with E-state index in [1.165, 1.54) is 16.8 Å². The molecule has 1 spiro atoms. The average molecular weight is 390 g/mol. The van der Waals surface area contributed by atoms with E-state index in [1.807, 2.05) is 0 Å². The Morgan fingerprint density at radius 1 is 1.14 bits per heavy atom. The second-order valence-corrected chi connectivity index (χ2v) is 9.15. The van der Waals surface area contributed by atoms with Gasteiger partial charge in [0.15, 0.2) is 0 Å². The SMILES string of the molecule is Cc1ccc2c(n1)CCC[C@]21CNC[C@H]1C(=O)N1CCC(c2ccccc2)CC1. The molecule has 1 aromatic heterocycles. The lowest BCUT2D eigenvalue weighted by Crippen LogP contribution is -2.49. The number of amides is 1. The Hall–Kier alpha value is -2.20. The van der Waals surface area contributed by atoms with E-state index >= 15 is 0 Å². The van der Waals surface area contributed by atoms with E-state index in [0.717, 1.165) is 64.0 Å². The maximum atomic E-state index is 13.7. The highest BCUT2D eigenvalue weighted by Gasteiger charge is 2.51. The molecule has 0 unspecified atom stereocenters. The first-order valence-electron chi connectivity index (χ1n) is 11.2. The predicted molar refractivity (Wildman–Crippen MR) is 115 cm³/mol. The van der Waals surface area contributed by atoms with Crippen molar-refractivity contribution in [3.63, 3.8) is 0 Å². The van der Waals surface area contributed by atoms with E-state index in [1.54, 1.807) is 0 Å². The first kappa shape index (κ1) is 18.8. The average Bonchev–Trinajstić information content (AvgIpc) is 3.18. The summed E-state index contributed by atoms with van der Waals surface area (Å²) in [6.45, 7) is 5.52. The molecule has 2 aliphatic heterocycles. The summed E-state index contributed by atoms with van der Waals surface area (Å²) in [7, 11) is 0. The predicted octanol–water partition coefficient (Wildman–Crippen LogP) is 3.59. The number of likely N-dealkylation sites (tertiary alicyclic amines) is 1. The van der Waals surface area contributed by atoms with Crippen LogP contribution in [0.1, 0.15) is 54.1 Å². The molecule has 4 nitrogen and oxygen atoms in total. The molecule has 29 heavy (non-hydrogen) atoms. The first-order valence-corrected chi connectivity index (χ1v) is 11.2. The number of fused-ring (bicyclic) bond motifs is 2. The molecule has 4 heteroatoms. The number of pyridine rings is 1. The molecule has 3 heterocycles. The number of nitrogens with one attached hydrogen (secondary N) is 1. The largest absolute Gasteiger partial charge is 0.342 e. The third kappa shape index (κ3) is 3.28. The standard InChI is InChI=1S/C25H31N3O/c1-18-9-10-21-23(27-18)8-5-13-25(21)17-26-16-22(25)24(29)28-14-11-20(12-15-28)19-6-3-2-4-7-19/h2-4,6-7,9-10,20,22,26H,5,8,11-17H2,1H3/t22-,25-/m0/s1. The summed E-state index contributed by atoms with van der Waals surface area (Å²) in [6, 6.07) is 15.2. The van der Waals surface area contributed by atoms with Crippen LogP contribution in [-0.4, -0.2) is 42.0 Å². The smallest absolute Gasteiger partial charge is 0.227 e. The van der Waals surface area contributed by atoms with E-state index in [2.05, 4.69) is 59.6 Å². The van der Waals surface area contributed by atoms with Crippen LogP contribution in [0, 0.1) is 12.8 Å². The summed E-state index contributed by atoms with van der Waals surface area (Å²) in [5, 5.41) is 3.57. The maximum Gasteiger partial charge on any atom is 0.227 e. The highest BCUT2D eigenvalue weighted by atomic mass is 16.2. The van der Waals surface area contributed by atoms with Gasteiger partial charge in [-0.2, -0.15) is 0 Å². The normalized spacial score (nSPS) is 27.2. The molecule has 1 aromatic carbocycles.